The second-order valence-electron chi connectivity index (χ2n) is 7.80. The highest BCUT2D eigenvalue weighted by atomic mass is 127. The van der Waals surface area contributed by atoms with E-state index < -0.39 is 0 Å². The lowest BCUT2D eigenvalue weighted by Crippen LogP contribution is -2.38. The molecule has 9 heteroatoms. The maximum Gasteiger partial charge on any atom is 0.191 e. The molecule has 7 nitrogen and oxygen atoms in total. The summed E-state index contributed by atoms with van der Waals surface area (Å²) < 4.78 is 16.8. The van der Waals surface area contributed by atoms with E-state index in [0.29, 0.717) is 13.1 Å². The average molecular weight is 573 g/mol. The molecule has 4 aromatic rings. The van der Waals surface area contributed by atoms with Crippen LogP contribution in [0, 0.1) is 19.7 Å². The molecule has 0 amide bonds. The summed E-state index contributed by atoms with van der Waals surface area (Å²) in [4.78, 5) is 4.33. The molecular formula is C25H29FIN7. The van der Waals surface area contributed by atoms with Crippen LogP contribution in [-0.2, 0) is 13.0 Å². The highest BCUT2D eigenvalue weighted by Gasteiger charge is 2.09. The van der Waals surface area contributed by atoms with Gasteiger partial charge < -0.3 is 10.6 Å². The normalized spacial score (nSPS) is 11.2. The molecule has 0 saturated heterocycles. The summed E-state index contributed by atoms with van der Waals surface area (Å²) in [5.41, 5.74) is 6.05. The summed E-state index contributed by atoms with van der Waals surface area (Å²) in [6.45, 7) is 5.35. The third-order valence-corrected chi connectivity index (χ3v) is 5.31. The Morgan fingerprint density at radius 2 is 1.76 bits per heavy atom. The van der Waals surface area contributed by atoms with E-state index in [1.165, 1.54) is 12.1 Å². The SMILES string of the molecule is CN=C(NCCc1ccn(-c2ccc(F)cc2)n1)NCc1ccccc1-n1nc(C)cc1C.I. The van der Waals surface area contributed by atoms with Crippen molar-refractivity contribution in [3.8, 4) is 11.4 Å². The number of benzene rings is 2. The van der Waals surface area contributed by atoms with Crippen LogP contribution in [0.2, 0.25) is 0 Å². The largest absolute Gasteiger partial charge is 0.356 e. The van der Waals surface area contributed by atoms with Crippen molar-refractivity contribution in [2.24, 2.45) is 4.99 Å². The molecule has 4 rings (SSSR count). The number of aromatic nitrogens is 4. The first-order valence-corrected chi connectivity index (χ1v) is 10.9. The maximum absolute atomic E-state index is 13.1. The fraction of sp³-hybridized carbons (Fsp3) is 0.240. The van der Waals surface area contributed by atoms with Crippen molar-refractivity contribution in [2.45, 2.75) is 26.8 Å². The summed E-state index contributed by atoms with van der Waals surface area (Å²) in [6.07, 6.45) is 2.61. The molecule has 0 atom stereocenters. The van der Waals surface area contributed by atoms with Crippen LogP contribution in [0.25, 0.3) is 11.4 Å². The fourth-order valence-electron chi connectivity index (χ4n) is 3.68. The van der Waals surface area contributed by atoms with Gasteiger partial charge in [-0.25, -0.2) is 13.8 Å². The van der Waals surface area contributed by atoms with E-state index in [9.17, 15) is 4.39 Å². The number of hydrogen-bond acceptors (Lipinski definition) is 3. The standard InChI is InChI=1S/C25H28FN7.HI/c1-18-16-19(2)33(30-18)24-7-5-4-6-20(24)17-29-25(27-3)28-14-12-22-13-15-32(31-22)23-10-8-21(26)9-11-23;/h4-11,13,15-16H,12,14,17H2,1-3H3,(H2,27,28,29);1H. The minimum Gasteiger partial charge on any atom is -0.356 e. The Hall–Kier alpha value is -3.21. The van der Waals surface area contributed by atoms with E-state index in [4.69, 9.17) is 0 Å². The Morgan fingerprint density at radius 3 is 2.47 bits per heavy atom. The van der Waals surface area contributed by atoms with Crippen molar-refractivity contribution in [1.82, 2.24) is 30.2 Å². The van der Waals surface area contributed by atoms with Crippen LogP contribution in [0.1, 0.15) is 22.6 Å². The van der Waals surface area contributed by atoms with Gasteiger partial charge in [-0.05, 0) is 61.9 Å². The van der Waals surface area contributed by atoms with Gasteiger partial charge in [0, 0.05) is 38.4 Å². The second kappa shape index (κ2) is 11.8. The van der Waals surface area contributed by atoms with E-state index in [0.717, 1.165) is 46.4 Å². The predicted molar refractivity (Wildman–Crippen MR) is 144 cm³/mol. The fourth-order valence-corrected chi connectivity index (χ4v) is 3.68. The molecule has 0 fully saturated rings. The molecule has 2 aromatic heterocycles. The molecule has 0 aliphatic heterocycles. The summed E-state index contributed by atoms with van der Waals surface area (Å²) in [5, 5.41) is 15.9. The molecular weight excluding hydrogens is 544 g/mol. The molecule has 2 N–H and O–H groups in total. The topological polar surface area (TPSA) is 72.1 Å². The maximum atomic E-state index is 13.1. The van der Waals surface area contributed by atoms with Crippen molar-refractivity contribution < 1.29 is 4.39 Å². The third-order valence-electron chi connectivity index (χ3n) is 5.31. The molecule has 0 saturated carbocycles. The van der Waals surface area contributed by atoms with E-state index in [1.807, 2.05) is 36.0 Å². The first-order valence-electron chi connectivity index (χ1n) is 10.9. The third kappa shape index (κ3) is 6.22. The number of guanidine groups is 1. The van der Waals surface area contributed by atoms with Gasteiger partial charge in [-0.1, -0.05) is 18.2 Å². The van der Waals surface area contributed by atoms with Crippen LogP contribution >= 0.6 is 24.0 Å². The van der Waals surface area contributed by atoms with Gasteiger partial charge in [0.25, 0.3) is 0 Å². The molecule has 0 unspecified atom stereocenters. The number of rotatable bonds is 7. The zero-order valence-corrected chi connectivity index (χ0v) is 21.8. The monoisotopic (exact) mass is 573 g/mol. The van der Waals surface area contributed by atoms with Gasteiger partial charge >= 0.3 is 0 Å². The molecule has 2 aromatic carbocycles. The Labute approximate surface area is 216 Å². The van der Waals surface area contributed by atoms with Crippen molar-refractivity contribution >= 4 is 29.9 Å². The van der Waals surface area contributed by atoms with E-state index in [-0.39, 0.29) is 29.8 Å². The molecule has 178 valence electrons. The first kappa shape index (κ1) is 25.4. The second-order valence-corrected chi connectivity index (χ2v) is 7.80. The minimum absolute atomic E-state index is 0. The van der Waals surface area contributed by atoms with Gasteiger partial charge in [0.2, 0.25) is 0 Å². The number of halogens is 2. The molecule has 0 aliphatic carbocycles. The highest BCUT2D eigenvalue weighted by Crippen LogP contribution is 2.17. The van der Waals surface area contributed by atoms with Gasteiger partial charge in [0.15, 0.2) is 5.96 Å². The summed E-state index contributed by atoms with van der Waals surface area (Å²) >= 11 is 0. The average Bonchev–Trinajstić information content (AvgIpc) is 3.42. The number of hydrogen-bond donors (Lipinski definition) is 2. The van der Waals surface area contributed by atoms with Gasteiger partial charge in [-0.2, -0.15) is 10.2 Å². The first-order chi connectivity index (χ1) is 16.0. The zero-order chi connectivity index (χ0) is 23.2. The molecule has 34 heavy (non-hydrogen) atoms. The van der Waals surface area contributed by atoms with Crippen LogP contribution in [0.15, 0.2) is 71.9 Å². The van der Waals surface area contributed by atoms with Crippen molar-refractivity contribution in [3.05, 3.63) is 95.3 Å². The lowest BCUT2D eigenvalue weighted by Gasteiger charge is -2.15. The Bertz CT molecular complexity index is 1240. The summed E-state index contributed by atoms with van der Waals surface area (Å²) in [6, 6.07) is 18.5. The van der Waals surface area contributed by atoms with Gasteiger partial charge in [-0.15, -0.1) is 24.0 Å². The summed E-state index contributed by atoms with van der Waals surface area (Å²) in [7, 11) is 1.76. The molecule has 0 bridgehead atoms. The molecule has 0 radical (unpaired) electrons. The minimum atomic E-state index is -0.258. The molecule has 0 aliphatic rings. The van der Waals surface area contributed by atoms with E-state index in [2.05, 4.69) is 50.9 Å². The van der Waals surface area contributed by atoms with Crippen LogP contribution < -0.4 is 10.6 Å². The number of nitrogens with one attached hydrogen (secondary N) is 2. The lowest BCUT2D eigenvalue weighted by molar-refractivity contribution is 0.627. The van der Waals surface area contributed by atoms with Gasteiger partial charge in [-0.3, -0.25) is 4.99 Å². The van der Waals surface area contributed by atoms with Gasteiger partial charge in [0.1, 0.15) is 5.82 Å². The van der Waals surface area contributed by atoms with Crippen LogP contribution in [0.3, 0.4) is 0 Å². The van der Waals surface area contributed by atoms with Gasteiger partial charge in [0.05, 0.1) is 22.8 Å². The Balaban J connectivity index is 0.00000324. The highest BCUT2D eigenvalue weighted by molar-refractivity contribution is 14.0. The Kier molecular flexibility index (Phi) is 8.80. The lowest BCUT2D eigenvalue weighted by atomic mass is 10.1. The van der Waals surface area contributed by atoms with Crippen molar-refractivity contribution in [3.63, 3.8) is 0 Å². The smallest absolute Gasteiger partial charge is 0.191 e. The number of nitrogens with zero attached hydrogens (tertiary/aromatic N) is 5. The van der Waals surface area contributed by atoms with Crippen molar-refractivity contribution in [2.75, 3.05) is 13.6 Å². The van der Waals surface area contributed by atoms with Crippen LogP contribution in [0.4, 0.5) is 4.39 Å². The Morgan fingerprint density at radius 1 is 1.00 bits per heavy atom. The van der Waals surface area contributed by atoms with E-state index >= 15 is 0 Å². The predicted octanol–water partition coefficient (Wildman–Crippen LogP) is 4.34. The van der Waals surface area contributed by atoms with Crippen LogP contribution in [0.5, 0.6) is 0 Å². The number of aryl methyl sites for hydroxylation is 2. The van der Waals surface area contributed by atoms with Crippen molar-refractivity contribution in [1.29, 1.82) is 0 Å². The number of para-hydroxylation sites is 1. The zero-order valence-electron chi connectivity index (χ0n) is 19.5. The number of aliphatic imine (C=N–C) groups is 1. The molecule has 0 spiro atoms. The molecule has 2 heterocycles. The van der Waals surface area contributed by atoms with E-state index in [1.54, 1.807) is 23.9 Å². The quantitative estimate of drug-likeness (QED) is 0.196. The summed E-state index contributed by atoms with van der Waals surface area (Å²) in [5.74, 6) is 0.461. The van der Waals surface area contributed by atoms with Crippen LogP contribution in [-0.4, -0.2) is 39.1 Å².